The number of anilines is 2. The molecule has 72 heavy (non-hydrogen) atoms. The minimum atomic E-state index is -3.90. The number of fused-ring (bicyclic) bond motifs is 3. The van der Waals surface area contributed by atoms with E-state index in [0.717, 1.165) is 120 Å². The van der Waals surface area contributed by atoms with Gasteiger partial charge >= 0.3 is 6.03 Å². The van der Waals surface area contributed by atoms with Gasteiger partial charge in [-0.1, -0.05) is 30.3 Å². The smallest absolute Gasteiger partial charge is 0.317 e. The van der Waals surface area contributed by atoms with Crippen LogP contribution < -0.4 is 19.8 Å². The van der Waals surface area contributed by atoms with Crippen molar-refractivity contribution >= 4 is 65.2 Å². The van der Waals surface area contributed by atoms with Crippen LogP contribution >= 0.6 is 0 Å². The molecule has 0 radical (unpaired) electrons. The molecular formula is C54H63N9O7S2. The van der Waals surface area contributed by atoms with Crippen molar-refractivity contribution in [2.24, 2.45) is 5.92 Å². The molecule has 18 heteroatoms. The summed E-state index contributed by atoms with van der Waals surface area (Å²) >= 11 is 0. The fraction of sp³-hybridized carbons (Fsp3) is 0.444. The Hall–Kier alpha value is -5.92. The van der Waals surface area contributed by atoms with Crippen molar-refractivity contribution in [2.75, 3.05) is 88.5 Å². The van der Waals surface area contributed by atoms with Gasteiger partial charge in [0.25, 0.3) is 0 Å². The number of H-pyrrole nitrogens is 2. The van der Waals surface area contributed by atoms with Crippen molar-refractivity contribution < 1.29 is 31.2 Å². The molecule has 12 rings (SSSR count). The molecule has 378 valence electrons. The van der Waals surface area contributed by atoms with Crippen molar-refractivity contribution in [1.29, 1.82) is 0 Å². The summed E-state index contributed by atoms with van der Waals surface area (Å²) in [5.41, 5.74) is 8.53. The molecule has 1 saturated carbocycles. The summed E-state index contributed by atoms with van der Waals surface area (Å²) in [6.07, 6.45) is 6.86. The number of aromatic amines is 2. The first-order valence-electron chi connectivity index (χ1n) is 25.9. The number of hydrogen-bond donors (Lipinski definition) is 4. The van der Waals surface area contributed by atoms with Crippen LogP contribution in [0, 0.1) is 5.92 Å². The van der Waals surface area contributed by atoms with Gasteiger partial charge < -0.3 is 39.6 Å². The number of aromatic nitrogens is 2. The third kappa shape index (κ3) is 9.03. The number of nitrogens with one attached hydrogen (secondary N) is 4. The highest BCUT2D eigenvalue weighted by atomic mass is 32.2. The first-order valence-corrected chi connectivity index (χ1v) is 28.8. The molecule has 4 atom stereocenters. The van der Waals surface area contributed by atoms with E-state index in [2.05, 4.69) is 71.1 Å². The molecule has 6 aliphatic rings. The second kappa shape index (κ2) is 19.2. The van der Waals surface area contributed by atoms with Gasteiger partial charge in [0.05, 0.1) is 23.0 Å². The second-order valence-electron chi connectivity index (χ2n) is 20.5. The van der Waals surface area contributed by atoms with Crippen molar-refractivity contribution in [3.63, 3.8) is 0 Å². The molecule has 6 fully saturated rings. The second-order valence-corrected chi connectivity index (χ2v) is 24.2. The molecule has 2 aromatic heterocycles. The van der Waals surface area contributed by atoms with Crippen molar-refractivity contribution in [3.8, 4) is 22.5 Å². The molecule has 4 N–H and O–H groups in total. The molecule has 7 heterocycles. The van der Waals surface area contributed by atoms with E-state index in [0.29, 0.717) is 63.6 Å². The highest BCUT2D eigenvalue weighted by molar-refractivity contribution is 7.89. The molecule has 5 saturated heterocycles. The Morgan fingerprint density at radius 1 is 0.667 bits per heavy atom. The fourth-order valence-corrected chi connectivity index (χ4v) is 14.8. The van der Waals surface area contributed by atoms with Gasteiger partial charge in [0, 0.05) is 146 Å². The van der Waals surface area contributed by atoms with Gasteiger partial charge in [0.15, 0.2) is 0 Å². The van der Waals surface area contributed by atoms with E-state index in [-0.39, 0.29) is 53.8 Å². The Morgan fingerprint density at radius 2 is 1.32 bits per heavy atom. The van der Waals surface area contributed by atoms with Gasteiger partial charge in [0.1, 0.15) is 0 Å². The highest BCUT2D eigenvalue weighted by Crippen LogP contribution is 2.50. The third-order valence-corrected chi connectivity index (χ3v) is 19.4. The summed E-state index contributed by atoms with van der Waals surface area (Å²) in [4.78, 5) is 42.5. The Morgan fingerprint density at radius 3 is 2.03 bits per heavy atom. The third-order valence-electron chi connectivity index (χ3n) is 16.1. The number of para-hydroxylation sites is 1. The Balaban J connectivity index is 0.742. The molecule has 5 aliphatic heterocycles. The Bertz CT molecular complexity index is 3230. The number of sulfonamides is 2. The number of urea groups is 1. The average molecular weight is 1010 g/mol. The number of rotatable bonds is 13. The lowest BCUT2D eigenvalue weighted by atomic mass is 9.84. The summed E-state index contributed by atoms with van der Waals surface area (Å²) in [7, 11) is -7.73. The Labute approximate surface area is 421 Å². The van der Waals surface area contributed by atoms with Crippen molar-refractivity contribution in [2.45, 2.75) is 79.2 Å². The molecule has 4 aromatic carbocycles. The zero-order chi connectivity index (χ0) is 49.1. The van der Waals surface area contributed by atoms with Crippen LogP contribution in [-0.4, -0.2) is 144 Å². The first kappa shape index (κ1) is 47.1. The van der Waals surface area contributed by atoms with E-state index in [4.69, 9.17) is 4.74 Å². The zero-order valence-corrected chi connectivity index (χ0v) is 42.2. The van der Waals surface area contributed by atoms with Crippen LogP contribution in [0.5, 0.6) is 0 Å². The van der Waals surface area contributed by atoms with E-state index in [1.54, 1.807) is 27.4 Å². The van der Waals surface area contributed by atoms with Crippen LogP contribution in [0.2, 0.25) is 0 Å². The minimum Gasteiger partial charge on any atom is -0.378 e. The number of likely N-dealkylation sites (tertiary alicyclic amines) is 1. The number of hydrogen-bond acceptors (Lipinski definition) is 9. The molecule has 0 spiro atoms. The molecule has 1 aliphatic carbocycles. The summed E-state index contributed by atoms with van der Waals surface area (Å²) in [5.74, 6) is 0.347. The molecule has 0 bridgehead atoms. The van der Waals surface area contributed by atoms with Crippen LogP contribution in [-0.2, 0) is 29.6 Å². The molecule has 6 aromatic rings. The van der Waals surface area contributed by atoms with Gasteiger partial charge in [0.2, 0.25) is 26.0 Å². The van der Waals surface area contributed by atoms with Crippen LogP contribution in [0.25, 0.3) is 44.3 Å². The lowest BCUT2D eigenvalue weighted by Crippen LogP contribution is -2.57. The number of benzene rings is 4. The van der Waals surface area contributed by atoms with Crippen LogP contribution in [0.15, 0.2) is 101 Å². The number of morpholine rings is 1. The van der Waals surface area contributed by atoms with Crippen LogP contribution in [0.4, 0.5) is 16.2 Å². The zero-order valence-electron chi connectivity index (χ0n) is 40.5. The number of nitrogens with zero attached hydrogens (tertiary/aromatic N) is 5. The topological polar surface area (TPSA) is 183 Å². The van der Waals surface area contributed by atoms with Crippen molar-refractivity contribution in [1.82, 2.24) is 34.1 Å². The van der Waals surface area contributed by atoms with Gasteiger partial charge in [-0.15, -0.1) is 0 Å². The maximum atomic E-state index is 14.6. The van der Waals surface area contributed by atoms with Crippen LogP contribution in [0.3, 0.4) is 0 Å². The number of ether oxygens (including phenoxy) is 1. The maximum absolute atomic E-state index is 14.6. The van der Waals surface area contributed by atoms with Gasteiger partial charge in [-0.3, -0.25) is 4.79 Å². The van der Waals surface area contributed by atoms with Crippen molar-refractivity contribution in [3.05, 3.63) is 96.6 Å². The molecule has 3 amide bonds. The lowest BCUT2D eigenvalue weighted by Gasteiger charge is -2.47. The lowest BCUT2D eigenvalue weighted by molar-refractivity contribution is -0.141. The van der Waals surface area contributed by atoms with E-state index >= 15 is 0 Å². The van der Waals surface area contributed by atoms with E-state index in [1.807, 2.05) is 36.4 Å². The normalized spacial score (nSPS) is 23.1. The highest BCUT2D eigenvalue weighted by Gasteiger charge is 2.52. The monoisotopic (exact) mass is 1010 g/mol. The van der Waals surface area contributed by atoms with Gasteiger partial charge in [-0.2, -0.15) is 4.31 Å². The summed E-state index contributed by atoms with van der Waals surface area (Å²) < 4.78 is 66.2. The first-order chi connectivity index (χ1) is 35.0. The quantitative estimate of drug-likeness (QED) is 0.0881. The molecule has 4 unspecified atom stereocenters. The Kier molecular flexibility index (Phi) is 12.5. The average Bonchev–Trinajstić information content (AvgIpc) is 3.98. The summed E-state index contributed by atoms with van der Waals surface area (Å²) in [6, 6.07) is 29.5. The maximum Gasteiger partial charge on any atom is 0.317 e. The molecular weight excluding hydrogens is 951 g/mol. The molecule has 16 nitrogen and oxygen atoms in total. The predicted octanol–water partition coefficient (Wildman–Crippen LogP) is 7.06. The van der Waals surface area contributed by atoms with Crippen LogP contribution in [0.1, 0.15) is 62.8 Å². The number of piperidine rings is 2. The van der Waals surface area contributed by atoms with E-state index in [1.165, 1.54) is 0 Å². The number of carbonyl (C=O) groups excluding carboxylic acids is 2. The van der Waals surface area contributed by atoms with E-state index in [9.17, 15) is 26.4 Å². The number of amides is 3. The fourth-order valence-electron chi connectivity index (χ4n) is 12.2. The van der Waals surface area contributed by atoms with Gasteiger partial charge in [-0.05, 0) is 117 Å². The minimum absolute atomic E-state index is 0.0242. The largest absolute Gasteiger partial charge is 0.378 e. The summed E-state index contributed by atoms with van der Waals surface area (Å²) in [6.45, 7) is 6.57. The van der Waals surface area contributed by atoms with E-state index < -0.39 is 20.0 Å². The summed E-state index contributed by atoms with van der Waals surface area (Å²) in [5, 5.41) is 4.89. The predicted molar refractivity (Wildman–Crippen MR) is 279 cm³/mol. The standard InChI is InChI=1S/C54H63N9O7S2/c64-53-16-11-39-35-62(72(68,69)41-13-15-51(60-22-5-6-23-60)44(33-41)47-30-37-7-1-2-8-45(37)57-47)24-17-49(39)63(53)52-34-42(52)36-9-10-38-31-48(58-46(38)29-36)43-32-40(12-14-50(43)59-20-3-4-21-59)71(66,67)56-19-18-55-54(65)61-25-27-70-28-26-61/h1-2,7-10,12-15,29-33,39,42,49,52,56-58H,3-6,11,16-28,34-35H2,(H,55,65). The number of carbonyl (C=O) groups is 2. The van der Waals surface area contributed by atoms with Gasteiger partial charge in [-0.25, -0.2) is 26.4 Å². The SMILES string of the molecule is O=C(NCCNS(=O)(=O)c1ccc(N2CCCC2)c(-c2cc3ccc(C4CC4N4C(=O)CCC5CN(S(=O)(=O)c6ccc(N7CCCC7)c(-c7cc8ccccc8[nH]7)c6)CCC54)cc3[nH]2)c1)N1CCOCC1.